The second kappa shape index (κ2) is 23.6. The van der Waals surface area contributed by atoms with Crippen LogP contribution in [-0.4, -0.2) is 125 Å². The zero-order chi connectivity index (χ0) is 44.5. The highest BCUT2D eigenvalue weighted by molar-refractivity contribution is 6.85. The minimum absolute atomic E-state index is 0.0000229. The topological polar surface area (TPSA) is 226 Å². The summed E-state index contributed by atoms with van der Waals surface area (Å²) >= 11 is 0. The fourth-order valence-electron chi connectivity index (χ4n) is 4.30. The quantitative estimate of drug-likeness (QED) is 0.0176. The van der Waals surface area contributed by atoms with Gasteiger partial charge in [0, 0.05) is 60.8 Å². The molecule has 332 valence electrons. The second-order valence-electron chi connectivity index (χ2n) is 13.1. The van der Waals surface area contributed by atoms with E-state index >= 15 is 0 Å². The van der Waals surface area contributed by atoms with E-state index < -0.39 is 143 Å². The lowest BCUT2D eigenvalue weighted by molar-refractivity contribution is -0.139. The summed E-state index contributed by atoms with van der Waals surface area (Å²) < 4.78 is 122. The van der Waals surface area contributed by atoms with E-state index in [0.29, 0.717) is 0 Å². The van der Waals surface area contributed by atoms with E-state index in [4.69, 9.17) is 35.1 Å². The van der Waals surface area contributed by atoms with Gasteiger partial charge < -0.3 is 59.1 Å². The van der Waals surface area contributed by atoms with Gasteiger partial charge in [-0.2, -0.15) is 26.3 Å². The summed E-state index contributed by atoms with van der Waals surface area (Å²) in [7, 11) is -24.9. The van der Waals surface area contributed by atoms with E-state index in [1.54, 1.807) is 0 Å². The molecule has 0 aliphatic rings. The van der Waals surface area contributed by atoms with Crippen molar-refractivity contribution in [2.24, 2.45) is 0 Å². The van der Waals surface area contributed by atoms with Crippen molar-refractivity contribution in [3.63, 3.8) is 0 Å². The molecule has 0 spiro atoms. The van der Waals surface area contributed by atoms with Crippen molar-refractivity contribution < 1.29 is 99.8 Å². The molecule has 0 radical (unpaired) electrons. The van der Waals surface area contributed by atoms with Gasteiger partial charge in [0.05, 0.1) is 19.8 Å². The Kier molecular flexibility index (Phi) is 22.8. The number of rotatable bonds is 29. The molecule has 0 bridgehead atoms. The van der Waals surface area contributed by atoms with Gasteiger partial charge in [-0.3, -0.25) is 0 Å². The van der Waals surface area contributed by atoms with Crippen molar-refractivity contribution in [3.05, 3.63) is 36.5 Å². The first-order valence-electron chi connectivity index (χ1n) is 17.4. The molecule has 5 N–H and O–H groups in total. The van der Waals surface area contributed by atoms with Crippen LogP contribution < -0.4 is 0 Å². The molecule has 0 saturated heterocycles. The zero-order valence-corrected chi connectivity index (χ0v) is 37.5. The number of ether oxygens (including phenoxy) is 3. The van der Waals surface area contributed by atoms with Crippen LogP contribution in [0.1, 0.15) is 59.8 Å². The van der Waals surface area contributed by atoms with Crippen LogP contribution in [0.15, 0.2) is 36.5 Å². The maximum Gasteiger partial charge on any atom is 0.490 e. The standard InChI is InChI=1S/C30H54F6O16Si5/c1-9-53(40,21-13-29(31,32)33)49-57(44,22-14-30(34,35)36)52-56(43,20-12-17-48-28(39)25(6)7)51-55(42,19-11-16-47-27(38)24(4)5)50-54(41,45-8)18-10-15-46-26(37)23(2)3/h40-44H,2,4,6,9-22H2,1,3,5,7-8H3. The van der Waals surface area contributed by atoms with Gasteiger partial charge in [-0.1, -0.05) is 26.7 Å². The highest BCUT2D eigenvalue weighted by Gasteiger charge is 2.60. The number of hydrogen-bond acceptors (Lipinski definition) is 16. The number of carbonyl (C=O) groups is 3. The molecule has 0 saturated carbocycles. The molecule has 16 nitrogen and oxygen atoms in total. The van der Waals surface area contributed by atoms with Gasteiger partial charge >= 0.3 is 74.0 Å². The third-order valence-corrected chi connectivity index (χ3v) is 24.4. The molecule has 0 aliphatic carbocycles. The molecule has 0 heterocycles. The minimum atomic E-state index is -5.70. The summed E-state index contributed by atoms with van der Waals surface area (Å²) in [5.74, 6) is -2.50. The molecule has 0 aromatic carbocycles. The Morgan fingerprint density at radius 3 is 1.12 bits per heavy atom. The van der Waals surface area contributed by atoms with Crippen LogP contribution in [0.4, 0.5) is 26.3 Å². The predicted octanol–water partition coefficient (Wildman–Crippen LogP) is 4.31. The summed E-state index contributed by atoms with van der Waals surface area (Å²) in [6, 6.07) is -5.22. The van der Waals surface area contributed by atoms with Crippen LogP contribution in [0, 0.1) is 0 Å². The fraction of sp³-hybridized carbons (Fsp3) is 0.700. The normalized spacial score (nSPS) is 17.5. The van der Waals surface area contributed by atoms with E-state index in [1.807, 2.05) is 0 Å². The van der Waals surface area contributed by atoms with Gasteiger partial charge in [0.1, 0.15) is 0 Å². The first-order chi connectivity index (χ1) is 25.8. The van der Waals surface area contributed by atoms with Gasteiger partial charge in [-0.25, -0.2) is 14.4 Å². The average molecular weight is 925 g/mol. The Morgan fingerprint density at radius 2 is 0.825 bits per heavy atom. The third kappa shape index (κ3) is 23.9. The number of hydrogen-bond donors (Lipinski definition) is 5. The Bertz CT molecular complexity index is 1380. The van der Waals surface area contributed by atoms with Crippen LogP contribution in [0.2, 0.25) is 36.3 Å². The van der Waals surface area contributed by atoms with E-state index in [1.165, 1.54) is 20.8 Å². The molecule has 0 aromatic heterocycles. The van der Waals surface area contributed by atoms with E-state index in [2.05, 4.69) is 19.7 Å². The average Bonchev–Trinajstić information content (AvgIpc) is 3.07. The van der Waals surface area contributed by atoms with Crippen LogP contribution >= 0.6 is 0 Å². The Hall–Kier alpha value is -2.11. The monoisotopic (exact) mass is 924 g/mol. The fourth-order valence-corrected chi connectivity index (χ4v) is 22.1. The van der Waals surface area contributed by atoms with Crippen LogP contribution in [0.3, 0.4) is 0 Å². The lowest BCUT2D eigenvalue weighted by atomic mass is 10.4. The molecule has 57 heavy (non-hydrogen) atoms. The number of carbonyl (C=O) groups excluding carboxylic acids is 3. The molecule has 0 aliphatic heterocycles. The maximum atomic E-state index is 13.5. The van der Waals surface area contributed by atoms with Gasteiger partial charge in [0.15, 0.2) is 0 Å². The molecule has 0 aromatic rings. The van der Waals surface area contributed by atoms with Crippen molar-refractivity contribution >= 4 is 61.7 Å². The van der Waals surface area contributed by atoms with Crippen molar-refractivity contribution in [2.75, 3.05) is 26.9 Å². The molecule has 0 amide bonds. The van der Waals surface area contributed by atoms with Crippen molar-refractivity contribution in [1.29, 1.82) is 0 Å². The van der Waals surface area contributed by atoms with E-state index in [9.17, 15) is 64.7 Å². The Balaban J connectivity index is 7.08. The molecule has 27 heteroatoms. The first kappa shape index (κ1) is 54.9. The summed E-state index contributed by atoms with van der Waals surface area (Å²) in [6.07, 6.45) is -14.3. The van der Waals surface area contributed by atoms with E-state index in [0.717, 1.165) is 14.0 Å². The predicted molar refractivity (Wildman–Crippen MR) is 198 cm³/mol. The zero-order valence-electron chi connectivity index (χ0n) is 32.5. The van der Waals surface area contributed by atoms with Gasteiger partial charge in [-0.05, 0) is 52.1 Å². The Morgan fingerprint density at radius 1 is 0.526 bits per heavy atom. The molecule has 5 unspecified atom stereocenters. The lowest BCUT2D eigenvalue weighted by Crippen LogP contribution is -2.66. The third-order valence-electron chi connectivity index (χ3n) is 7.36. The van der Waals surface area contributed by atoms with Crippen LogP contribution in [0.5, 0.6) is 0 Å². The highest BCUT2D eigenvalue weighted by atomic mass is 28.5. The van der Waals surface area contributed by atoms with Crippen molar-refractivity contribution in [2.45, 2.75) is 108 Å². The lowest BCUT2D eigenvalue weighted by Gasteiger charge is -2.41. The maximum absolute atomic E-state index is 13.5. The summed E-state index contributed by atoms with van der Waals surface area (Å²) in [5.41, 5.74) is 0.0236. The first-order valence-corrected chi connectivity index (χ1v) is 27.6. The van der Waals surface area contributed by atoms with Gasteiger partial charge in [0.2, 0.25) is 0 Å². The number of alkyl halides is 6. The minimum Gasteiger partial charge on any atom is -0.462 e. The number of halogens is 6. The van der Waals surface area contributed by atoms with Crippen LogP contribution in [-0.2, 0) is 49.5 Å². The Labute approximate surface area is 332 Å². The van der Waals surface area contributed by atoms with Crippen molar-refractivity contribution in [1.82, 2.24) is 0 Å². The highest BCUT2D eigenvalue weighted by Crippen LogP contribution is 2.36. The molecule has 0 fully saturated rings. The van der Waals surface area contributed by atoms with Gasteiger partial charge in [0.25, 0.3) is 0 Å². The molecule has 0 rings (SSSR count). The van der Waals surface area contributed by atoms with E-state index in [-0.39, 0.29) is 36.2 Å². The second-order valence-corrected chi connectivity index (χ2v) is 27.5. The smallest absolute Gasteiger partial charge is 0.462 e. The van der Waals surface area contributed by atoms with Crippen LogP contribution in [0.25, 0.3) is 0 Å². The van der Waals surface area contributed by atoms with Gasteiger partial charge in [-0.15, -0.1) is 0 Å². The summed E-state index contributed by atoms with van der Waals surface area (Å²) in [6.45, 7) is 14.2. The largest absolute Gasteiger partial charge is 0.490 e. The molecular weight excluding hydrogens is 871 g/mol. The number of esters is 3. The molecular formula is C30H54F6O16Si5. The van der Waals surface area contributed by atoms with Crippen molar-refractivity contribution in [3.8, 4) is 0 Å². The summed E-state index contributed by atoms with van der Waals surface area (Å²) in [4.78, 5) is 93.5. The molecule has 5 atom stereocenters. The summed E-state index contributed by atoms with van der Waals surface area (Å²) in [5, 5.41) is 0. The SMILES string of the molecule is C=C(C)C(=O)OCCC[Si](O)(OC)O[Si](O)(CCCOC(=O)C(=C)C)O[Si](O)(CCCOC(=O)C(=C)C)O[Si](O)(CCC(F)(F)F)O[Si](O)(CC)CCC(F)(F)F.